The second-order valence-corrected chi connectivity index (χ2v) is 9.38. The molecule has 2 aromatic carbocycles. The molecule has 2 aliphatic heterocycles. The minimum absolute atomic E-state index is 0.0427. The molecule has 2 aliphatic rings. The first-order chi connectivity index (χ1) is 16.9. The van der Waals surface area contributed by atoms with Crippen LogP contribution in [0.2, 0.25) is 0 Å². The third-order valence-electron chi connectivity index (χ3n) is 6.24. The fourth-order valence-corrected chi connectivity index (χ4v) is 4.86. The van der Waals surface area contributed by atoms with Gasteiger partial charge in [-0.2, -0.15) is 0 Å². The van der Waals surface area contributed by atoms with Gasteiger partial charge in [-0.1, -0.05) is 28.1 Å². The van der Waals surface area contributed by atoms with E-state index in [-0.39, 0.29) is 16.9 Å². The number of nitrogens with zero attached hydrogens (tertiary/aromatic N) is 2. The molecule has 8 nitrogen and oxygen atoms in total. The number of halogens is 1. The number of carbonyl (C=O) groups excluding carboxylic acids is 2. The molecule has 2 saturated heterocycles. The number of aromatic hydroxyl groups is 1. The maximum absolute atomic E-state index is 13.2. The number of aliphatic hydroxyl groups excluding tert-OH is 1. The van der Waals surface area contributed by atoms with E-state index in [0.29, 0.717) is 48.6 Å². The summed E-state index contributed by atoms with van der Waals surface area (Å²) >= 11 is 3.33. The van der Waals surface area contributed by atoms with Crippen LogP contribution < -0.4 is 4.74 Å². The van der Waals surface area contributed by atoms with Crippen LogP contribution in [0, 0.1) is 0 Å². The molecule has 2 N–H and O–H groups in total. The number of amides is 1. The van der Waals surface area contributed by atoms with Crippen LogP contribution in [0.1, 0.15) is 30.5 Å². The molecule has 0 saturated carbocycles. The number of phenolic OH excluding ortho intramolecular Hbond substituents is 1. The minimum Gasteiger partial charge on any atom is -0.507 e. The number of ether oxygens (including phenoxy) is 2. The Morgan fingerprint density at radius 2 is 1.83 bits per heavy atom. The van der Waals surface area contributed by atoms with E-state index in [0.717, 1.165) is 19.6 Å². The molecule has 0 radical (unpaired) electrons. The Bertz CT molecular complexity index is 1110. The first kappa shape index (κ1) is 25.2. The first-order valence-corrected chi connectivity index (χ1v) is 12.5. The second kappa shape index (κ2) is 11.2. The monoisotopic (exact) mass is 544 g/mol. The van der Waals surface area contributed by atoms with Crippen molar-refractivity contribution in [2.24, 2.45) is 0 Å². The average molecular weight is 545 g/mol. The molecule has 0 spiro atoms. The number of ketones is 1. The van der Waals surface area contributed by atoms with Crippen molar-refractivity contribution >= 4 is 33.4 Å². The summed E-state index contributed by atoms with van der Waals surface area (Å²) in [6.07, 6.45) is 0.669. The summed E-state index contributed by atoms with van der Waals surface area (Å²) in [6.45, 7) is 6.57. The summed E-state index contributed by atoms with van der Waals surface area (Å²) < 4.78 is 11.5. The minimum atomic E-state index is -0.784. The molecule has 9 heteroatoms. The third-order valence-corrected chi connectivity index (χ3v) is 6.73. The van der Waals surface area contributed by atoms with Gasteiger partial charge in [-0.25, -0.2) is 0 Å². The summed E-state index contributed by atoms with van der Waals surface area (Å²) in [4.78, 5) is 30.1. The van der Waals surface area contributed by atoms with Gasteiger partial charge in [-0.3, -0.25) is 14.5 Å². The summed E-state index contributed by atoms with van der Waals surface area (Å²) in [5.74, 6) is -1.36. The van der Waals surface area contributed by atoms with Gasteiger partial charge in [-0.15, -0.1) is 0 Å². The second-order valence-electron chi connectivity index (χ2n) is 8.46. The zero-order valence-corrected chi connectivity index (χ0v) is 21.2. The molecule has 0 unspecified atom stereocenters. The quantitative estimate of drug-likeness (QED) is 0.297. The van der Waals surface area contributed by atoms with Crippen molar-refractivity contribution in [1.82, 2.24) is 9.80 Å². The van der Waals surface area contributed by atoms with Crippen molar-refractivity contribution in [3.05, 3.63) is 63.6 Å². The van der Waals surface area contributed by atoms with E-state index in [1.807, 2.05) is 6.92 Å². The van der Waals surface area contributed by atoms with Crippen LogP contribution in [0.25, 0.3) is 5.76 Å². The molecule has 186 valence electrons. The number of aliphatic hydroxyl groups is 1. The third kappa shape index (κ3) is 5.52. The van der Waals surface area contributed by atoms with Crippen molar-refractivity contribution in [3.63, 3.8) is 0 Å². The Hall–Kier alpha value is -2.88. The molecule has 35 heavy (non-hydrogen) atoms. The highest BCUT2D eigenvalue weighted by atomic mass is 79.9. The van der Waals surface area contributed by atoms with E-state index in [9.17, 15) is 19.8 Å². The fourth-order valence-electron chi connectivity index (χ4n) is 4.50. The van der Waals surface area contributed by atoms with Crippen molar-refractivity contribution < 1.29 is 29.3 Å². The predicted octanol–water partition coefficient (Wildman–Crippen LogP) is 3.70. The van der Waals surface area contributed by atoms with Crippen molar-refractivity contribution in [1.29, 1.82) is 0 Å². The van der Waals surface area contributed by atoms with Gasteiger partial charge in [-0.05, 0) is 49.2 Å². The molecule has 0 bridgehead atoms. The Morgan fingerprint density at radius 3 is 2.51 bits per heavy atom. The normalized spacial score (nSPS) is 20.4. The van der Waals surface area contributed by atoms with Gasteiger partial charge in [0, 0.05) is 30.7 Å². The van der Waals surface area contributed by atoms with Crippen molar-refractivity contribution in [3.8, 4) is 11.5 Å². The topological polar surface area (TPSA) is 99.5 Å². The number of hydrogen-bond donors (Lipinski definition) is 2. The van der Waals surface area contributed by atoms with E-state index in [1.165, 1.54) is 17.0 Å². The number of carbonyl (C=O) groups is 2. The van der Waals surface area contributed by atoms with Gasteiger partial charge in [0.1, 0.15) is 17.3 Å². The highest BCUT2D eigenvalue weighted by Gasteiger charge is 2.46. The van der Waals surface area contributed by atoms with Crippen LogP contribution in [0.3, 0.4) is 0 Å². The maximum Gasteiger partial charge on any atom is 0.295 e. The summed E-state index contributed by atoms with van der Waals surface area (Å²) in [5, 5.41) is 21.5. The molecule has 2 heterocycles. The van der Waals surface area contributed by atoms with Gasteiger partial charge in [0.05, 0.1) is 37.0 Å². The number of hydrogen-bond acceptors (Lipinski definition) is 7. The van der Waals surface area contributed by atoms with Crippen LogP contribution in [0.15, 0.2) is 52.5 Å². The van der Waals surface area contributed by atoms with Gasteiger partial charge in [0.2, 0.25) is 0 Å². The Kier molecular flexibility index (Phi) is 8.10. The van der Waals surface area contributed by atoms with Crippen LogP contribution in [-0.4, -0.2) is 77.7 Å². The largest absolute Gasteiger partial charge is 0.507 e. The molecule has 1 amide bonds. The highest BCUT2D eigenvalue weighted by molar-refractivity contribution is 9.10. The fraction of sp³-hybridized carbons (Fsp3) is 0.385. The van der Waals surface area contributed by atoms with Gasteiger partial charge in [0.15, 0.2) is 0 Å². The lowest BCUT2D eigenvalue weighted by molar-refractivity contribution is -0.140. The SMILES string of the molecule is CCOc1ccc([C@@H]2C(=C(O)c3cc(Br)ccc3O)C(=O)C(=O)N2CCCN2CCOCC2)cc1. The number of Topliss-reactive ketones (excluding diaryl/α,β-unsaturated/α-hetero) is 1. The van der Waals surface area contributed by atoms with Crippen LogP contribution in [-0.2, 0) is 14.3 Å². The van der Waals surface area contributed by atoms with Gasteiger partial charge in [0.25, 0.3) is 11.7 Å². The molecule has 1 atom stereocenters. The van der Waals surface area contributed by atoms with Crippen LogP contribution in [0.4, 0.5) is 0 Å². The highest BCUT2D eigenvalue weighted by Crippen LogP contribution is 2.41. The number of rotatable bonds is 8. The van der Waals surface area contributed by atoms with E-state index in [1.54, 1.807) is 30.3 Å². The number of phenols is 1. The van der Waals surface area contributed by atoms with Crippen molar-refractivity contribution in [2.75, 3.05) is 46.0 Å². The lowest BCUT2D eigenvalue weighted by Crippen LogP contribution is -2.38. The maximum atomic E-state index is 13.2. The van der Waals surface area contributed by atoms with E-state index in [2.05, 4.69) is 20.8 Å². The van der Waals surface area contributed by atoms with E-state index >= 15 is 0 Å². The zero-order valence-electron chi connectivity index (χ0n) is 19.6. The summed E-state index contributed by atoms with van der Waals surface area (Å²) in [5.41, 5.74) is 0.718. The molecular formula is C26H29BrN2O6. The molecule has 0 aliphatic carbocycles. The summed E-state index contributed by atoms with van der Waals surface area (Å²) in [7, 11) is 0. The molecule has 0 aromatic heterocycles. The lowest BCUT2D eigenvalue weighted by atomic mass is 9.95. The van der Waals surface area contributed by atoms with E-state index < -0.39 is 23.5 Å². The van der Waals surface area contributed by atoms with Crippen LogP contribution in [0.5, 0.6) is 11.5 Å². The molecular weight excluding hydrogens is 516 g/mol. The smallest absolute Gasteiger partial charge is 0.295 e. The van der Waals surface area contributed by atoms with E-state index in [4.69, 9.17) is 9.47 Å². The number of morpholine rings is 1. The standard InChI is InChI=1S/C26H29BrN2O6/c1-2-35-19-7-4-17(5-8-19)23-22(24(31)20-16-18(27)6-9-21(20)30)25(32)26(33)29(23)11-3-10-28-12-14-34-15-13-28/h4-9,16,23,30-31H,2-3,10-15H2,1H3/t23-/m1/s1. The number of benzene rings is 2. The number of likely N-dealkylation sites (tertiary alicyclic amines) is 1. The Balaban J connectivity index is 1.70. The Morgan fingerprint density at radius 1 is 1.11 bits per heavy atom. The first-order valence-electron chi connectivity index (χ1n) is 11.7. The van der Waals surface area contributed by atoms with Gasteiger partial charge >= 0.3 is 0 Å². The van der Waals surface area contributed by atoms with Gasteiger partial charge < -0.3 is 24.6 Å². The predicted molar refractivity (Wildman–Crippen MR) is 134 cm³/mol. The molecule has 2 fully saturated rings. The molecule has 4 rings (SSSR count). The Labute approximate surface area is 212 Å². The summed E-state index contributed by atoms with van der Waals surface area (Å²) in [6, 6.07) is 10.9. The van der Waals surface area contributed by atoms with Crippen molar-refractivity contribution in [2.45, 2.75) is 19.4 Å². The van der Waals surface area contributed by atoms with Crippen LogP contribution >= 0.6 is 15.9 Å². The zero-order chi connectivity index (χ0) is 24.9. The molecule has 2 aromatic rings. The lowest BCUT2D eigenvalue weighted by Gasteiger charge is -2.29. The average Bonchev–Trinajstić information content (AvgIpc) is 3.11.